The highest BCUT2D eigenvalue weighted by atomic mass is 16.5. The lowest BCUT2D eigenvalue weighted by atomic mass is 10.1. The summed E-state index contributed by atoms with van der Waals surface area (Å²) in [5.41, 5.74) is 0.517. The molecule has 0 aliphatic heterocycles. The van der Waals surface area contributed by atoms with Gasteiger partial charge in [-0.2, -0.15) is 9.78 Å². The third-order valence-corrected chi connectivity index (χ3v) is 5.00. The van der Waals surface area contributed by atoms with Gasteiger partial charge < -0.3 is 10.1 Å². The van der Waals surface area contributed by atoms with Crippen LogP contribution in [0.1, 0.15) is 41.9 Å². The van der Waals surface area contributed by atoms with Crippen molar-refractivity contribution in [2.45, 2.75) is 39.8 Å². The minimum Gasteiger partial charge on any atom is -0.497 e. The van der Waals surface area contributed by atoms with Crippen LogP contribution in [0.15, 0.2) is 58.1 Å². The lowest BCUT2D eigenvalue weighted by molar-refractivity contribution is 0.0929. The summed E-state index contributed by atoms with van der Waals surface area (Å²) in [5.74, 6) is -0.000720. The molecule has 3 rings (SSSR count). The van der Waals surface area contributed by atoms with Gasteiger partial charge in [0.25, 0.3) is 11.5 Å². The van der Waals surface area contributed by atoms with Crippen LogP contribution in [-0.4, -0.2) is 33.4 Å². The van der Waals surface area contributed by atoms with Gasteiger partial charge in [0.1, 0.15) is 5.75 Å². The summed E-state index contributed by atoms with van der Waals surface area (Å²) in [4.78, 5) is 39.0. The molecule has 0 aliphatic carbocycles. The van der Waals surface area contributed by atoms with Crippen LogP contribution in [0.3, 0.4) is 0 Å². The second-order valence-electron chi connectivity index (χ2n) is 7.40. The average molecular weight is 422 g/mol. The van der Waals surface area contributed by atoms with Gasteiger partial charge in [0.05, 0.1) is 19.3 Å². The third kappa shape index (κ3) is 4.91. The van der Waals surface area contributed by atoms with E-state index >= 15 is 0 Å². The number of aryl methyl sites for hydroxylation is 1. The lowest BCUT2D eigenvalue weighted by Gasteiger charge is -2.14. The number of carbonyl (C=O) groups is 1. The fraction of sp³-hybridized carbons (Fsp3) is 0.304. The molecule has 1 unspecified atom stereocenters. The van der Waals surface area contributed by atoms with E-state index in [0.717, 1.165) is 20.4 Å². The molecule has 1 heterocycles. The highest BCUT2D eigenvalue weighted by Crippen LogP contribution is 2.13. The molecule has 3 aromatic rings. The number of methoxy groups -OCH3 is 1. The van der Waals surface area contributed by atoms with Crippen LogP contribution in [0.25, 0.3) is 5.69 Å². The van der Waals surface area contributed by atoms with Gasteiger partial charge >= 0.3 is 5.69 Å². The fourth-order valence-electron chi connectivity index (χ4n) is 3.08. The Labute approximate surface area is 180 Å². The lowest BCUT2D eigenvalue weighted by Crippen LogP contribution is -2.47. The summed E-state index contributed by atoms with van der Waals surface area (Å²) in [6.45, 7) is 5.72. The minimum absolute atomic E-state index is 0.0294. The zero-order valence-corrected chi connectivity index (χ0v) is 18.1. The molecule has 8 nitrogen and oxygen atoms in total. The van der Waals surface area contributed by atoms with Crippen LogP contribution in [0.4, 0.5) is 0 Å². The van der Waals surface area contributed by atoms with Crippen LogP contribution >= 0.6 is 0 Å². The molecule has 0 saturated carbocycles. The van der Waals surface area contributed by atoms with E-state index in [1.54, 1.807) is 31.4 Å². The largest absolute Gasteiger partial charge is 0.497 e. The van der Waals surface area contributed by atoms with Crippen molar-refractivity contribution in [2.75, 3.05) is 7.11 Å². The van der Waals surface area contributed by atoms with Crippen LogP contribution < -0.4 is 21.3 Å². The van der Waals surface area contributed by atoms with E-state index in [4.69, 9.17) is 4.74 Å². The Bertz CT molecular complexity index is 1200. The fourth-order valence-corrected chi connectivity index (χ4v) is 3.08. The first-order valence-electron chi connectivity index (χ1n) is 10.1. The molecule has 1 amide bonds. The molecule has 1 N–H and O–H groups in total. The molecule has 162 valence electrons. The quantitative estimate of drug-likeness (QED) is 0.630. The molecule has 1 atom stereocenters. The Morgan fingerprint density at radius 2 is 1.87 bits per heavy atom. The number of ether oxygens (including phenoxy) is 1. The normalized spacial score (nSPS) is 11.7. The summed E-state index contributed by atoms with van der Waals surface area (Å²) in [5, 5.41) is 6.88. The summed E-state index contributed by atoms with van der Waals surface area (Å²) in [6.07, 6.45) is 0.696. The van der Waals surface area contributed by atoms with Gasteiger partial charge in [-0.15, -0.1) is 0 Å². The number of rotatable bonds is 7. The minimum atomic E-state index is -0.725. The van der Waals surface area contributed by atoms with E-state index in [1.165, 1.54) is 0 Å². The summed E-state index contributed by atoms with van der Waals surface area (Å²) in [7, 11) is 1.54. The Balaban J connectivity index is 2.17. The van der Waals surface area contributed by atoms with E-state index < -0.39 is 17.2 Å². The molecular formula is C23H26N4O4. The molecule has 0 radical (unpaired) electrons. The molecule has 0 spiro atoms. The Kier molecular flexibility index (Phi) is 6.69. The standard InChI is InChI=1S/C23H26N4O4/c1-5-16(3)24-21(28)20-22(29)26(14-17-8-6-7-15(2)13-17)23(30)27(25-20)18-9-11-19(31-4)12-10-18/h6-13,16H,5,14H2,1-4H3,(H,24,28). The molecule has 0 bridgehead atoms. The first-order valence-corrected chi connectivity index (χ1v) is 10.1. The van der Waals surface area contributed by atoms with Crippen molar-refractivity contribution in [3.63, 3.8) is 0 Å². The number of carbonyl (C=O) groups excluding carboxylic acids is 1. The molecule has 2 aromatic carbocycles. The van der Waals surface area contributed by atoms with Crippen LogP contribution in [0, 0.1) is 6.92 Å². The van der Waals surface area contributed by atoms with E-state index in [9.17, 15) is 14.4 Å². The Hall–Kier alpha value is -3.68. The van der Waals surface area contributed by atoms with E-state index in [0.29, 0.717) is 17.9 Å². The molecule has 1 aromatic heterocycles. The van der Waals surface area contributed by atoms with Crippen molar-refractivity contribution >= 4 is 5.91 Å². The highest BCUT2D eigenvalue weighted by Gasteiger charge is 2.21. The van der Waals surface area contributed by atoms with Crippen molar-refractivity contribution in [2.24, 2.45) is 0 Å². The van der Waals surface area contributed by atoms with Gasteiger partial charge in [0.2, 0.25) is 5.69 Å². The van der Waals surface area contributed by atoms with Gasteiger partial charge in [-0.05, 0) is 50.1 Å². The molecule has 0 fully saturated rings. The molecule has 0 aliphatic rings. The van der Waals surface area contributed by atoms with Crippen molar-refractivity contribution in [3.05, 3.63) is 86.2 Å². The maximum Gasteiger partial charge on any atom is 0.352 e. The maximum atomic E-state index is 13.2. The zero-order chi connectivity index (χ0) is 22.5. The maximum absolute atomic E-state index is 13.2. The third-order valence-electron chi connectivity index (χ3n) is 5.00. The number of amides is 1. The smallest absolute Gasteiger partial charge is 0.352 e. The van der Waals surface area contributed by atoms with Gasteiger partial charge in [0, 0.05) is 6.04 Å². The predicted octanol–water partition coefficient (Wildman–Crippen LogP) is 2.29. The Morgan fingerprint density at radius 3 is 2.48 bits per heavy atom. The highest BCUT2D eigenvalue weighted by molar-refractivity contribution is 5.91. The van der Waals surface area contributed by atoms with Crippen LogP contribution in [0.5, 0.6) is 5.75 Å². The van der Waals surface area contributed by atoms with E-state index in [1.807, 2.05) is 45.0 Å². The molecule has 0 saturated heterocycles. The van der Waals surface area contributed by atoms with Gasteiger partial charge in [-0.1, -0.05) is 36.8 Å². The number of nitrogens with zero attached hydrogens (tertiary/aromatic N) is 3. The first-order chi connectivity index (χ1) is 14.8. The predicted molar refractivity (Wildman–Crippen MR) is 118 cm³/mol. The molecule has 8 heteroatoms. The van der Waals surface area contributed by atoms with Crippen molar-refractivity contribution in [3.8, 4) is 11.4 Å². The second-order valence-corrected chi connectivity index (χ2v) is 7.40. The second kappa shape index (κ2) is 9.42. The average Bonchev–Trinajstić information content (AvgIpc) is 2.76. The first kappa shape index (κ1) is 22.0. The summed E-state index contributed by atoms with van der Waals surface area (Å²) in [6, 6.07) is 14.0. The topological polar surface area (TPSA) is 95.2 Å². The monoisotopic (exact) mass is 422 g/mol. The number of benzene rings is 2. The Morgan fingerprint density at radius 1 is 1.16 bits per heavy atom. The van der Waals surface area contributed by atoms with Crippen molar-refractivity contribution in [1.82, 2.24) is 19.7 Å². The van der Waals surface area contributed by atoms with Crippen molar-refractivity contribution < 1.29 is 9.53 Å². The molecular weight excluding hydrogens is 396 g/mol. The number of nitrogens with one attached hydrogen (secondary N) is 1. The van der Waals surface area contributed by atoms with Crippen LogP contribution in [0.2, 0.25) is 0 Å². The van der Waals surface area contributed by atoms with Gasteiger partial charge in [-0.3, -0.25) is 14.2 Å². The van der Waals surface area contributed by atoms with Crippen LogP contribution in [-0.2, 0) is 6.54 Å². The van der Waals surface area contributed by atoms with E-state index in [-0.39, 0.29) is 18.3 Å². The SMILES string of the molecule is CCC(C)NC(=O)c1nn(-c2ccc(OC)cc2)c(=O)n(Cc2cccc(C)c2)c1=O. The summed E-state index contributed by atoms with van der Waals surface area (Å²) >= 11 is 0. The number of hydrogen-bond donors (Lipinski definition) is 1. The summed E-state index contributed by atoms with van der Waals surface area (Å²) < 4.78 is 7.27. The number of aromatic nitrogens is 3. The van der Waals surface area contributed by atoms with Gasteiger partial charge in [-0.25, -0.2) is 4.79 Å². The number of hydrogen-bond acceptors (Lipinski definition) is 5. The van der Waals surface area contributed by atoms with Crippen molar-refractivity contribution in [1.29, 1.82) is 0 Å². The molecule has 31 heavy (non-hydrogen) atoms. The van der Waals surface area contributed by atoms with E-state index in [2.05, 4.69) is 10.4 Å². The van der Waals surface area contributed by atoms with Gasteiger partial charge in [0.15, 0.2) is 0 Å². The zero-order valence-electron chi connectivity index (χ0n) is 18.1.